The summed E-state index contributed by atoms with van der Waals surface area (Å²) in [4.78, 5) is 23.7. The Morgan fingerprint density at radius 2 is 1.89 bits per heavy atom. The maximum absolute atomic E-state index is 12.0. The zero-order chi connectivity index (χ0) is 13.7. The Balaban J connectivity index is 0.00000324. The molecule has 1 aliphatic heterocycles. The molecule has 0 aromatic carbocycles. The number of methoxy groups -OCH3 is 1. The van der Waals surface area contributed by atoms with Gasteiger partial charge in [0.15, 0.2) is 0 Å². The van der Waals surface area contributed by atoms with Gasteiger partial charge in [0.2, 0.25) is 5.91 Å². The Labute approximate surface area is 121 Å². The predicted octanol–water partition coefficient (Wildman–Crippen LogP) is 0.968. The number of esters is 1. The van der Waals surface area contributed by atoms with Crippen molar-refractivity contribution in [2.75, 3.05) is 20.2 Å². The van der Waals surface area contributed by atoms with Crippen LogP contribution < -0.4 is 10.6 Å². The van der Waals surface area contributed by atoms with E-state index in [1.807, 2.05) is 20.8 Å². The molecular formula is C13H25ClN2O3. The minimum absolute atomic E-state index is 0. The van der Waals surface area contributed by atoms with Gasteiger partial charge < -0.3 is 15.4 Å². The molecule has 1 rings (SSSR count). The van der Waals surface area contributed by atoms with Crippen LogP contribution in [0.3, 0.4) is 0 Å². The molecule has 19 heavy (non-hydrogen) atoms. The Morgan fingerprint density at radius 3 is 2.26 bits per heavy atom. The van der Waals surface area contributed by atoms with Crippen molar-refractivity contribution in [2.24, 2.45) is 17.8 Å². The summed E-state index contributed by atoms with van der Waals surface area (Å²) in [7, 11) is 1.35. The van der Waals surface area contributed by atoms with Crippen molar-refractivity contribution in [3.63, 3.8) is 0 Å². The molecule has 2 unspecified atom stereocenters. The van der Waals surface area contributed by atoms with E-state index in [1.165, 1.54) is 7.11 Å². The van der Waals surface area contributed by atoms with E-state index >= 15 is 0 Å². The van der Waals surface area contributed by atoms with E-state index in [4.69, 9.17) is 4.74 Å². The van der Waals surface area contributed by atoms with E-state index in [1.54, 1.807) is 0 Å². The van der Waals surface area contributed by atoms with Crippen LogP contribution in [-0.2, 0) is 14.3 Å². The van der Waals surface area contributed by atoms with E-state index in [2.05, 4.69) is 10.6 Å². The second-order valence-corrected chi connectivity index (χ2v) is 5.42. The van der Waals surface area contributed by atoms with Gasteiger partial charge >= 0.3 is 5.97 Å². The maximum Gasteiger partial charge on any atom is 0.328 e. The molecule has 0 aliphatic carbocycles. The summed E-state index contributed by atoms with van der Waals surface area (Å²) in [5.74, 6) is 0.219. The Kier molecular flexibility index (Phi) is 8.02. The lowest BCUT2D eigenvalue weighted by atomic mass is 9.88. The minimum Gasteiger partial charge on any atom is -0.467 e. The van der Waals surface area contributed by atoms with E-state index in [0.29, 0.717) is 18.3 Å². The molecule has 1 amide bonds. The van der Waals surface area contributed by atoms with Gasteiger partial charge in [-0.05, 0) is 31.3 Å². The maximum atomic E-state index is 12.0. The highest BCUT2D eigenvalue weighted by atomic mass is 35.5. The third kappa shape index (κ3) is 5.37. The lowest BCUT2D eigenvalue weighted by Gasteiger charge is -2.32. The molecule has 0 aromatic rings. The van der Waals surface area contributed by atoms with Gasteiger partial charge in [-0.3, -0.25) is 4.79 Å². The fourth-order valence-electron chi connectivity index (χ4n) is 2.01. The first kappa shape index (κ1) is 18.2. The number of ether oxygens (including phenoxy) is 1. The average Bonchev–Trinajstić information content (AvgIpc) is 2.23. The van der Waals surface area contributed by atoms with Gasteiger partial charge in [-0.1, -0.05) is 20.8 Å². The van der Waals surface area contributed by atoms with Crippen LogP contribution in [0.4, 0.5) is 0 Å². The van der Waals surface area contributed by atoms with Crippen LogP contribution >= 0.6 is 12.4 Å². The highest BCUT2D eigenvalue weighted by Crippen LogP contribution is 2.16. The molecule has 0 spiro atoms. The SMILES string of the molecule is COC(=O)C(CC(C)C)NC(=O)C(C)C1CNC1.Cl. The molecule has 0 radical (unpaired) electrons. The van der Waals surface area contributed by atoms with Gasteiger partial charge in [-0.15, -0.1) is 12.4 Å². The molecule has 112 valence electrons. The normalized spacial score (nSPS) is 17.9. The van der Waals surface area contributed by atoms with Gasteiger partial charge in [-0.2, -0.15) is 0 Å². The predicted molar refractivity (Wildman–Crippen MR) is 76.2 cm³/mol. The summed E-state index contributed by atoms with van der Waals surface area (Å²) in [6, 6.07) is -0.530. The molecular weight excluding hydrogens is 268 g/mol. The van der Waals surface area contributed by atoms with Crippen LogP contribution in [0.15, 0.2) is 0 Å². The lowest BCUT2D eigenvalue weighted by Crippen LogP contribution is -2.52. The van der Waals surface area contributed by atoms with Gasteiger partial charge in [0.05, 0.1) is 7.11 Å². The van der Waals surface area contributed by atoms with E-state index in [9.17, 15) is 9.59 Å². The summed E-state index contributed by atoms with van der Waals surface area (Å²) >= 11 is 0. The zero-order valence-corrected chi connectivity index (χ0v) is 12.9. The molecule has 2 atom stereocenters. The van der Waals surface area contributed by atoms with E-state index in [-0.39, 0.29) is 30.2 Å². The Bertz CT molecular complexity index is 306. The monoisotopic (exact) mass is 292 g/mol. The number of hydrogen-bond donors (Lipinski definition) is 2. The fraction of sp³-hybridized carbons (Fsp3) is 0.846. The van der Waals surface area contributed by atoms with E-state index < -0.39 is 6.04 Å². The third-order valence-corrected chi connectivity index (χ3v) is 3.44. The van der Waals surface area contributed by atoms with Crippen molar-refractivity contribution >= 4 is 24.3 Å². The molecule has 5 nitrogen and oxygen atoms in total. The first-order valence-electron chi connectivity index (χ1n) is 6.54. The molecule has 1 saturated heterocycles. The van der Waals surface area contributed by atoms with Crippen molar-refractivity contribution in [1.29, 1.82) is 0 Å². The van der Waals surface area contributed by atoms with Crippen LogP contribution in [0.25, 0.3) is 0 Å². The number of amides is 1. The highest BCUT2D eigenvalue weighted by molar-refractivity contribution is 5.86. The Hall–Kier alpha value is -0.810. The fourth-order valence-corrected chi connectivity index (χ4v) is 2.01. The molecule has 2 N–H and O–H groups in total. The molecule has 0 bridgehead atoms. The number of nitrogens with one attached hydrogen (secondary N) is 2. The van der Waals surface area contributed by atoms with Gasteiger partial charge in [-0.25, -0.2) is 4.79 Å². The summed E-state index contributed by atoms with van der Waals surface area (Å²) in [5.41, 5.74) is 0. The Morgan fingerprint density at radius 1 is 1.32 bits per heavy atom. The first-order chi connectivity index (χ1) is 8.45. The second-order valence-electron chi connectivity index (χ2n) is 5.42. The smallest absolute Gasteiger partial charge is 0.328 e. The van der Waals surface area contributed by atoms with Crippen molar-refractivity contribution in [2.45, 2.75) is 33.2 Å². The van der Waals surface area contributed by atoms with Gasteiger partial charge in [0, 0.05) is 5.92 Å². The highest BCUT2D eigenvalue weighted by Gasteiger charge is 2.31. The summed E-state index contributed by atoms with van der Waals surface area (Å²) in [6.07, 6.45) is 0.605. The van der Waals surface area contributed by atoms with Gasteiger partial charge in [0.1, 0.15) is 6.04 Å². The van der Waals surface area contributed by atoms with Crippen LogP contribution in [0.1, 0.15) is 27.2 Å². The standard InChI is InChI=1S/C13H24N2O3.ClH/c1-8(2)5-11(13(17)18-4)15-12(16)9(3)10-6-14-7-10;/h8-11,14H,5-7H2,1-4H3,(H,15,16);1H. The van der Waals surface area contributed by atoms with Crippen LogP contribution in [-0.4, -0.2) is 38.1 Å². The van der Waals surface area contributed by atoms with Crippen LogP contribution in [0, 0.1) is 17.8 Å². The minimum atomic E-state index is -0.530. The van der Waals surface area contributed by atoms with Crippen molar-refractivity contribution < 1.29 is 14.3 Å². The quantitative estimate of drug-likeness (QED) is 0.716. The number of carbonyl (C=O) groups excluding carboxylic acids is 2. The first-order valence-corrected chi connectivity index (χ1v) is 6.54. The molecule has 0 aromatic heterocycles. The molecule has 1 heterocycles. The zero-order valence-electron chi connectivity index (χ0n) is 12.1. The van der Waals surface area contributed by atoms with Crippen LogP contribution in [0.2, 0.25) is 0 Å². The molecule has 6 heteroatoms. The van der Waals surface area contributed by atoms with Crippen molar-refractivity contribution in [1.82, 2.24) is 10.6 Å². The number of carbonyl (C=O) groups is 2. The summed E-state index contributed by atoms with van der Waals surface area (Å²) in [5, 5.41) is 5.95. The largest absolute Gasteiger partial charge is 0.467 e. The van der Waals surface area contributed by atoms with Gasteiger partial charge in [0.25, 0.3) is 0 Å². The summed E-state index contributed by atoms with van der Waals surface area (Å²) in [6.45, 7) is 7.69. The molecule has 0 saturated carbocycles. The summed E-state index contributed by atoms with van der Waals surface area (Å²) < 4.78 is 4.73. The van der Waals surface area contributed by atoms with Crippen molar-refractivity contribution in [3.8, 4) is 0 Å². The second kappa shape index (κ2) is 8.38. The van der Waals surface area contributed by atoms with Crippen molar-refractivity contribution in [3.05, 3.63) is 0 Å². The lowest BCUT2D eigenvalue weighted by molar-refractivity contribution is -0.146. The molecule has 1 fully saturated rings. The number of hydrogen-bond acceptors (Lipinski definition) is 4. The third-order valence-electron chi connectivity index (χ3n) is 3.44. The van der Waals surface area contributed by atoms with E-state index in [0.717, 1.165) is 13.1 Å². The molecule has 1 aliphatic rings. The number of halogens is 1. The number of rotatable bonds is 6. The van der Waals surface area contributed by atoms with Crippen LogP contribution in [0.5, 0.6) is 0 Å². The average molecular weight is 293 g/mol. The topological polar surface area (TPSA) is 67.4 Å².